The summed E-state index contributed by atoms with van der Waals surface area (Å²) in [6, 6.07) is 0.0832. The number of carbonyl (C=O) groups excluding carboxylic acids is 1. The minimum absolute atomic E-state index is 0.0165. The van der Waals surface area contributed by atoms with Crippen molar-refractivity contribution in [2.45, 2.75) is 44.7 Å². The van der Waals surface area contributed by atoms with Gasteiger partial charge in [0.25, 0.3) is 0 Å². The maximum Gasteiger partial charge on any atom is 0.244 e. The lowest BCUT2D eigenvalue weighted by Crippen LogP contribution is -2.32. The Balaban J connectivity index is 1.90. The van der Waals surface area contributed by atoms with Gasteiger partial charge in [0, 0.05) is 12.2 Å². The van der Waals surface area contributed by atoms with Crippen LogP contribution in [-0.4, -0.2) is 33.5 Å². The lowest BCUT2D eigenvalue weighted by Gasteiger charge is -2.10. The van der Waals surface area contributed by atoms with Gasteiger partial charge in [-0.3, -0.25) is 4.79 Å². The van der Waals surface area contributed by atoms with Crippen LogP contribution < -0.4 is 11.1 Å². The van der Waals surface area contributed by atoms with E-state index in [1.165, 1.54) is 0 Å². The molecular formula is C11H19N5O. The molecule has 1 fully saturated rings. The number of aryl methyl sites for hydroxylation is 1. The van der Waals surface area contributed by atoms with E-state index in [0.717, 1.165) is 31.4 Å². The maximum absolute atomic E-state index is 11.8. The van der Waals surface area contributed by atoms with E-state index in [1.807, 2.05) is 13.1 Å². The van der Waals surface area contributed by atoms with E-state index in [2.05, 4.69) is 15.6 Å². The Hall–Kier alpha value is -1.43. The molecule has 1 aliphatic carbocycles. The summed E-state index contributed by atoms with van der Waals surface area (Å²) in [6.07, 6.45) is 5.72. The van der Waals surface area contributed by atoms with Crippen molar-refractivity contribution in [1.29, 1.82) is 0 Å². The molecule has 6 nitrogen and oxygen atoms in total. The van der Waals surface area contributed by atoms with Crippen LogP contribution in [0.2, 0.25) is 0 Å². The van der Waals surface area contributed by atoms with E-state index in [1.54, 1.807) is 4.68 Å². The fraction of sp³-hybridized carbons (Fsp3) is 0.727. The lowest BCUT2D eigenvalue weighted by atomic mass is 10.2. The van der Waals surface area contributed by atoms with Crippen LogP contribution in [0.1, 0.15) is 37.9 Å². The molecule has 0 saturated heterocycles. The van der Waals surface area contributed by atoms with Crippen LogP contribution in [0.5, 0.6) is 0 Å². The number of rotatable bonds is 6. The first-order valence-corrected chi connectivity index (χ1v) is 6.12. The third kappa shape index (κ3) is 3.26. The minimum Gasteiger partial charge on any atom is -0.352 e. The molecule has 1 unspecified atom stereocenters. The number of nitrogens with zero attached hydrogens (tertiary/aromatic N) is 3. The summed E-state index contributed by atoms with van der Waals surface area (Å²) >= 11 is 0. The average molecular weight is 237 g/mol. The first-order chi connectivity index (χ1) is 8.20. The molecule has 1 atom stereocenters. The van der Waals surface area contributed by atoms with Crippen molar-refractivity contribution in [3.63, 3.8) is 0 Å². The Kier molecular flexibility index (Phi) is 3.73. The molecular weight excluding hydrogens is 218 g/mol. The van der Waals surface area contributed by atoms with Gasteiger partial charge in [-0.2, -0.15) is 0 Å². The molecule has 1 aromatic heterocycles. The van der Waals surface area contributed by atoms with Crippen LogP contribution in [0.3, 0.4) is 0 Å². The first kappa shape index (κ1) is 12.0. The zero-order valence-corrected chi connectivity index (χ0v) is 10.1. The molecule has 1 heterocycles. The molecule has 6 heteroatoms. The zero-order valence-electron chi connectivity index (χ0n) is 10.1. The third-order valence-corrected chi connectivity index (χ3v) is 2.89. The van der Waals surface area contributed by atoms with Gasteiger partial charge in [-0.05, 0) is 39.2 Å². The Morgan fingerprint density at radius 1 is 1.71 bits per heavy atom. The number of nitrogens with one attached hydrogen (secondary N) is 1. The molecule has 0 aliphatic heterocycles. The van der Waals surface area contributed by atoms with E-state index in [-0.39, 0.29) is 11.9 Å². The number of carbonyl (C=O) groups is 1. The summed E-state index contributed by atoms with van der Waals surface area (Å²) in [5, 5.41) is 11.0. The third-order valence-electron chi connectivity index (χ3n) is 2.89. The van der Waals surface area contributed by atoms with Gasteiger partial charge in [-0.25, -0.2) is 4.68 Å². The quantitative estimate of drug-likeness (QED) is 0.729. The highest BCUT2D eigenvalue weighted by Crippen LogP contribution is 2.19. The van der Waals surface area contributed by atoms with Crippen LogP contribution in [0.15, 0.2) is 6.20 Å². The first-order valence-electron chi connectivity index (χ1n) is 6.12. The number of amides is 1. The lowest BCUT2D eigenvalue weighted by molar-refractivity contribution is -0.124. The topological polar surface area (TPSA) is 85.8 Å². The highest BCUT2D eigenvalue weighted by molar-refractivity contribution is 5.80. The van der Waals surface area contributed by atoms with Crippen LogP contribution in [0, 0.1) is 0 Å². The van der Waals surface area contributed by atoms with Crippen molar-refractivity contribution in [2.24, 2.45) is 5.73 Å². The SMILES string of the molecule is CC(C(=O)NC1CC1)n1cc(CCCN)nn1. The molecule has 1 aliphatic rings. The summed E-state index contributed by atoms with van der Waals surface area (Å²) in [4.78, 5) is 11.8. The fourth-order valence-electron chi connectivity index (χ4n) is 1.57. The molecule has 17 heavy (non-hydrogen) atoms. The van der Waals surface area contributed by atoms with Crippen molar-refractivity contribution < 1.29 is 4.79 Å². The van der Waals surface area contributed by atoms with Gasteiger partial charge in [0.2, 0.25) is 5.91 Å². The standard InChI is InChI=1S/C11H19N5O/c1-8(11(17)13-9-4-5-9)16-7-10(14-15-16)3-2-6-12/h7-9H,2-6,12H2,1H3,(H,13,17). The van der Waals surface area contributed by atoms with Gasteiger partial charge in [-0.15, -0.1) is 5.10 Å². The van der Waals surface area contributed by atoms with Crippen LogP contribution in [0.25, 0.3) is 0 Å². The van der Waals surface area contributed by atoms with Crippen molar-refractivity contribution in [2.75, 3.05) is 6.54 Å². The van der Waals surface area contributed by atoms with Crippen molar-refractivity contribution >= 4 is 5.91 Å². The molecule has 1 aromatic rings. The molecule has 0 radical (unpaired) electrons. The van der Waals surface area contributed by atoms with E-state index in [0.29, 0.717) is 12.6 Å². The summed E-state index contributed by atoms with van der Waals surface area (Å²) in [5.41, 5.74) is 6.32. The van der Waals surface area contributed by atoms with Gasteiger partial charge >= 0.3 is 0 Å². The molecule has 3 N–H and O–H groups in total. The smallest absolute Gasteiger partial charge is 0.244 e. The van der Waals surface area contributed by atoms with Crippen LogP contribution in [-0.2, 0) is 11.2 Å². The van der Waals surface area contributed by atoms with Crippen LogP contribution >= 0.6 is 0 Å². The molecule has 2 rings (SSSR count). The van der Waals surface area contributed by atoms with Crippen LogP contribution in [0.4, 0.5) is 0 Å². The van der Waals surface area contributed by atoms with Crippen molar-refractivity contribution in [1.82, 2.24) is 20.3 Å². The summed E-state index contributed by atoms with van der Waals surface area (Å²) < 4.78 is 1.61. The number of hydrogen-bond donors (Lipinski definition) is 2. The summed E-state index contributed by atoms with van der Waals surface area (Å²) in [7, 11) is 0. The maximum atomic E-state index is 11.8. The Bertz CT molecular complexity index is 385. The molecule has 1 amide bonds. The highest BCUT2D eigenvalue weighted by atomic mass is 16.2. The predicted octanol–water partition coefficient (Wildman–Crippen LogP) is 0.00900. The Labute approximate surface area is 101 Å². The highest BCUT2D eigenvalue weighted by Gasteiger charge is 2.26. The van der Waals surface area contributed by atoms with Gasteiger partial charge in [0.15, 0.2) is 0 Å². The largest absolute Gasteiger partial charge is 0.352 e. The minimum atomic E-state index is -0.297. The number of hydrogen-bond acceptors (Lipinski definition) is 4. The van der Waals surface area contributed by atoms with Gasteiger partial charge in [-0.1, -0.05) is 5.21 Å². The summed E-state index contributed by atoms with van der Waals surface area (Å²) in [5.74, 6) is 0.0165. The average Bonchev–Trinajstić information content (AvgIpc) is 3.01. The molecule has 94 valence electrons. The normalized spacial score (nSPS) is 16.8. The molecule has 0 spiro atoms. The van der Waals surface area contributed by atoms with E-state index in [9.17, 15) is 4.79 Å². The molecule has 0 bridgehead atoms. The Morgan fingerprint density at radius 3 is 3.12 bits per heavy atom. The van der Waals surface area contributed by atoms with Gasteiger partial charge < -0.3 is 11.1 Å². The zero-order chi connectivity index (χ0) is 12.3. The number of nitrogens with two attached hydrogens (primary N) is 1. The van der Waals surface area contributed by atoms with Gasteiger partial charge in [0.1, 0.15) is 6.04 Å². The second-order valence-electron chi connectivity index (χ2n) is 4.54. The number of aromatic nitrogens is 3. The fourth-order valence-corrected chi connectivity index (χ4v) is 1.57. The second kappa shape index (κ2) is 5.27. The van der Waals surface area contributed by atoms with E-state index in [4.69, 9.17) is 5.73 Å². The molecule has 1 saturated carbocycles. The van der Waals surface area contributed by atoms with Crippen molar-refractivity contribution in [3.05, 3.63) is 11.9 Å². The summed E-state index contributed by atoms with van der Waals surface area (Å²) in [6.45, 7) is 2.48. The molecule has 0 aromatic carbocycles. The van der Waals surface area contributed by atoms with E-state index < -0.39 is 0 Å². The Morgan fingerprint density at radius 2 is 2.47 bits per heavy atom. The predicted molar refractivity (Wildman–Crippen MR) is 63.3 cm³/mol. The van der Waals surface area contributed by atoms with Crippen molar-refractivity contribution in [3.8, 4) is 0 Å². The monoisotopic (exact) mass is 237 g/mol. The van der Waals surface area contributed by atoms with E-state index >= 15 is 0 Å². The second-order valence-corrected chi connectivity index (χ2v) is 4.54. The van der Waals surface area contributed by atoms with Gasteiger partial charge in [0.05, 0.1) is 5.69 Å².